The number of carbonyl (C=O) groups is 1. The molecule has 0 spiro atoms. The highest BCUT2D eigenvalue weighted by Crippen LogP contribution is 2.31. The SMILES string of the molecule is COC(=O)Oc1c(C)cc(CC(C)C)n(-c2ccccc2-c2ccccc2C#N)c1=O. The summed E-state index contributed by atoms with van der Waals surface area (Å²) in [5, 5.41) is 9.59. The van der Waals surface area contributed by atoms with Gasteiger partial charge in [0.15, 0.2) is 0 Å². The fraction of sp³-hybridized carbons (Fsp3) is 0.240. The van der Waals surface area contributed by atoms with E-state index in [1.165, 1.54) is 7.11 Å². The molecule has 0 saturated carbocycles. The summed E-state index contributed by atoms with van der Waals surface area (Å²) in [4.78, 5) is 25.3. The van der Waals surface area contributed by atoms with Crippen molar-refractivity contribution in [1.82, 2.24) is 4.57 Å². The van der Waals surface area contributed by atoms with Gasteiger partial charge in [0.25, 0.3) is 5.56 Å². The highest BCUT2D eigenvalue weighted by atomic mass is 16.7. The van der Waals surface area contributed by atoms with E-state index < -0.39 is 11.7 Å². The molecule has 158 valence electrons. The van der Waals surface area contributed by atoms with Crippen LogP contribution in [0.5, 0.6) is 5.75 Å². The smallest absolute Gasteiger partial charge is 0.437 e. The molecule has 0 fully saturated rings. The van der Waals surface area contributed by atoms with Gasteiger partial charge in [0.05, 0.1) is 24.4 Å². The van der Waals surface area contributed by atoms with Gasteiger partial charge in [0.2, 0.25) is 5.75 Å². The van der Waals surface area contributed by atoms with Crippen molar-refractivity contribution >= 4 is 6.16 Å². The zero-order chi connectivity index (χ0) is 22.5. The Morgan fingerprint density at radius 3 is 2.39 bits per heavy atom. The summed E-state index contributed by atoms with van der Waals surface area (Å²) in [5.41, 5.74) is 3.46. The van der Waals surface area contributed by atoms with Gasteiger partial charge < -0.3 is 9.47 Å². The second kappa shape index (κ2) is 9.31. The van der Waals surface area contributed by atoms with Crippen molar-refractivity contribution in [3.8, 4) is 28.6 Å². The Hall–Kier alpha value is -3.85. The van der Waals surface area contributed by atoms with Crippen molar-refractivity contribution in [3.05, 3.63) is 81.8 Å². The molecule has 0 radical (unpaired) electrons. The molecule has 0 aliphatic rings. The lowest BCUT2D eigenvalue weighted by atomic mass is 9.97. The predicted molar refractivity (Wildman–Crippen MR) is 119 cm³/mol. The third kappa shape index (κ3) is 4.51. The minimum absolute atomic E-state index is 0.0808. The molecule has 6 heteroatoms. The first kappa shape index (κ1) is 21.8. The number of aromatic nitrogens is 1. The van der Waals surface area contributed by atoms with E-state index in [1.807, 2.05) is 42.5 Å². The van der Waals surface area contributed by atoms with Gasteiger partial charge in [-0.15, -0.1) is 0 Å². The first-order valence-corrected chi connectivity index (χ1v) is 9.97. The number of hydrogen-bond donors (Lipinski definition) is 0. The van der Waals surface area contributed by atoms with E-state index in [0.717, 1.165) is 16.8 Å². The number of nitriles is 1. The molecule has 2 aromatic carbocycles. The molecule has 0 unspecified atom stereocenters. The molecule has 0 amide bonds. The molecule has 1 heterocycles. The maximum absolute atomic E-state index is 13.5. The molecule has 0 atom stereocenters. The first-order valence-electron chi connectivity index (χ1n) is 9.97. The third-order valence-electron chi connectivity index (χ3n) is 4.88. The molecule has 3 aromatic rings. The van der Waals surface area contributed by atoms with E-state index >= 15 is 0 Å². The van der Waals surface area contributed by atoms with Crippen LogP contribution in [-0.2, 0) is 11.2 Å². The van der Waals surface area contributed by atoms with Gasteiger partial charge >= 0.3 is 6.16 Å². The molecule has 31 heavy (non-hydrogen) atoms. The molecule has 3 rings (SSSR count). The van der Waals surface area contributed by atoms with Gasteiger partial charge in [-0.3, -0.25) is 9.36 Å². The zero-order valence-electron chi connectivity index (χ0n) is 18.0. The minimum Gasteiger partial charge on any atom is -0.437 e. The maximum Gasteiger partial charge on any atom is 0.513 e. The average Bonchev–Trinajstić information content (AvgIpc) is 2.76. The number of nitrogens with zero attached hydrogens (tertiary/aromatic N) is 2. The van der Waals surface area contributed by atoms with Crippen molar-refractivity contribution in [1.29, 1.82) is 5.26 Å². The highest BCUT2D eigenvalue weighted by molar-refractivity contribution is 5.78. The van der Waals surface area contributed by atoms with E-state index in [-0.39, 0.29) is 11.7 Å². The summed E-state index contributed by atoms with van der Waals surface area (Å²) < 4.78 is 11.3. The standard InChI is InChI=1S/C25H24N2O4/c1-16(2)13-19-14-17(3)23(31-25(29)30-4)24(28)27(19)22-12-8-7-11-21(22)20-10-6-5-9-18(20)15-26/h5-12,14,16H,13H2,1-4H3. The topological polar surface area (TPSA) is 81.3 Å². The molecular weight excluding hydrogens is 392 g/mol. The molecule has 6 nitrogen and oxygen atoms in total. The van der Waals surface area contributed by atoms with Crippen LogP contribution in [-0.4, -0.2) is 17.8 Å². The second-order valence-electron chi connectivity index (χ2n) is 7.62. The van der Waals surface area contributed by atoms with Crippen LogP contribution in [0.2, 0.25) is 0 Å². The van der Waals surface area contributed by atoms with Gasteiger partial charge in [0.1, 0.15) is 0 Å². The van der Waals surface area contributed by atoms with Gasteiger partial charge in [-0.05, 0) is 43.0 Å². The average molecular weight is 416 g/mol. The Bertz CT molecular complexity index is 1220. The third-order valence-corrected chi connectivity index (χ3v) is 4.88. The van der Waals surface area contributed by atoms with E-state index in [0.29, 0.717) is 23.2 Å². The number of pyridine rings is 1. The number of hydrogen-bond acceptors (Lipinski definition) is 5. The number of aryl methyl sites for hydroxylation is 1. The monoisotopic (exact) mass is 416 g/mol. The number of benzene rings is 2. The number of methoxy groups -OCH3 is 1. The fourth-order valence-electron chi connectivity index (χ4n) is 3.57. The summed E-state index contributed by atoms with van der Waals surface area (Å²) in [6, 6.07) is 18.7. The number of para-hydroxylation sites is 1. The Kier molecular flexibility index (Phi) is 6.56. The highest BCUT2D eigenvalue weighted by Gasteiger charge is 2.21. The van der Waals surface area contributed by atoms with Gasteiger partial charge in [-0.2, -0.15) is 5.26 Å². The minimum atomic E-state index is -0.952. The number of ether oxygens (including phenoxy) is 2. The summed E-state index contributed by atoms with van der Waals surface area (Å²) in [6.07, 6.45) is -0.311. The largest absolute Gasteiger partial charge is 0.513 e. The van der Waals surface area contributed by atoms with Crippen LogP contribution in [0.1, 0.15) is 30.7 Å². The van der Waals surface area contributed by atoms with Crippen molar-refractivity contribution in [2.75, 3.05) is 7.11 Å². The second-order valence-corrected chi connectivity index (χ2v) is 7.62. The molecule has 0 N–H and O–H groups in total. The Balaban J connectivity index is 2.35. The Morgan fingerprint density at radius 1 is 1.10 bits per heavy atom. The predicted octanol–water partition coefficient (Wildman–Crippen LogP) is 5.03. The quantitative estimate of drug-likeness (QED) is 0.545. The van der Waals surface area contributed by atoms with Crippen molar-refractivity contribution in [3.63, 3.8) is 0 Å². The molecular formula is C25H24N2O4. The van der Waals surface area contributed by atoms with Crippen molar-refractivity contribution in [2.45, 2.75) is 27.2 Å². The van der Waals surface area contributed by atoms with E-state index in [2.05, 4.69) is 24.7 Å². The van der Waals surface area contributed by atoms with E-state index in [9.17, 15) is 14.9 Å². The molecule has 0 bridgehead atoms. The van der Waals surface area contributed by atoms with Crippen molar-refractivity contribution in [2.24, 2.45) is 5.92 Å². The lowest BCUT2D eigenvalue weighted by molar-refractivity contribution is 0.120. The fourth-order valence-corrected chi connectivity index (χ4v) is 3.57. The molecule has 0 aliphatic carbocycles. The van der Waals surface area contributed by atoms with Gasteiger partial charge in [0, 0.05) is 16.8 Å². The van der Waals surface area contributed by atoms with Crippen LogP contribution in [0, 0.1) is 24.2 Å². The van der Waals surface area contributed by atoms with Crippen LogP contribution in [0.4, 0.5) is 4.79 Å². The normalized spacial score (nSPS) is 10.6. The Labute approximate surface area is 181 Å². The van der Waals surface area contributed by atoms with Crippen LogP contribution in [0.25, 0.3) is 16.8 Å². The molecule has 0 saturated heterocycles. The first-order chi connectivity index (χ1) is 14.9. The molecule has 0 aliphatic heterocycles. The Morgan fingerprint density at radius 2 is 1.74 bits per heavy atom. The van der Waals surface area contributed by atoms with Gasteiger partial charge in [-0.1, -0.05) is 50.2 Å². The van der Waals surface area contributed by atoms with Crippen LogP contribution >= 0.6 is 0 Å². The lowest BCUT2D eigenvalue weighted by Gasteiger charge is -2.20. The van der Waals surface area contributed by atoms with Crippen LogP contribution < -0.4 is 10.3 Å². The summed E-state index contributed by atoms with van der Waals surface area (Å²) >= 11 is 0. The summed E-state index contributed by atoms with van der Waals surface area (Å²) in [7, 11) is 1.19. The lowest BCUT2D eigenvalue weighted by Crippen LogP contribution is -2.27. The summed E-state index contributed by atoms with van der Waals surface area (Å²) in [5.74, 6) is 0.207. The van der Waals surface area contributed by atoms with Crippen LogP contribution in [0.3, 0.4) is 0 Å². The number of rotatable bonds is 5. The van der Waals surface area contributed by atoms with E-state index in [1.54, 1.807) is 23.6 Å². The van der Waals surface area contributed by atoms with Crippen LogP contribution in [0.15, 0.2) is 59.4 Å². The molecule has 1 aromatic heterocycles. The van der Waals surface area contributed by atoms with Crippen molar-refractivity contribution < 1.29 is 14.3 Å². The summed E-state index contributed by atoms with van der Waals surface area (Å²) in [6.45, 7) is 5.87. The zero-order valence-corrected chi connectivity index (χ0v) is 18.0. The van der Waals surface area contributed by atoms with E-state index in [4.69, 9.17) is 4.74 Å². The van der Waals surface area contributed by atoms with Gasteiger partial charge in [-0.25, -0.2) is 4.79 Å². The maximum atomic E-state index is 13.5. The number of carbonyl (C=O) groups excluding carboxylic acids is 1.